The number of nitrogens with zero attached hydrogens (tertiary/aromatic N) is 2. The number of fused-ring (bicyclic) bond motifs is 1. The molecule has 2 unspecified atom stereocenters. The highest BCUT2D eigenvalue weighted by atomic mass is 35.5. The largest absolute Gasteiger partial charge is 0.299 e. The molecule has 4 aromatic rings. The van der Waals surface area contributed by atoms with Gasteiger partial charge in [-0.15, -0.1) is 0 Å². The third-order valence-electron chi connectivity index (χ3n) is 8.46. The molecule has 0 amide bonds. The summed E-state index contributed by atoms with van der Waals surface area (Å²) in [5.41, 5.74) is 2.36. The minimum Gasteiger partial charge on any atom is -0.299 e. The molecular weight excluding hydrogens is 604 g/mol. The molecule has 0 spiro atoms. The Bertz CT molecular complexity index is 1850. The number of hydrogen-bond acceptors (Lipinski definition) is 5. The van der Waals surface area contributed by atoms with Crippen LogP contribution in [0, 0.1) is 12.8 Å². The van der Waals surface area contributed by atoms with Crippen molar-refractivity contribution in [3.8, 4) is 0 Å². The molecule has 0 radical (unpaired) electrons. The number of hydrogen-bond donors (Lipinski definition) is 0. The standard InChI is InChI=1S/C33H31ClN2O5S2/c1-23-15-17-27(18-16-23)43(40,41)36-31(25-11-6-3-7-12-25)21-33(37)29-22-35(42(38,39)28-14-8-13-26(34)19-28)30(20-32(29)36)24-9-4-2-5-10-24/h2-19,29-32H,20-22H2,1H3/t29-,30?,31?,32+/m1/s1. The van der Waals surface area contributed by atoms with Crippen LogP contribution in [0.5, 0.6) is 0 Å². The molecule has 43 heavy (non-hydrogen) atoms. The minimum absolute atomic E-state index is 0.0222. The maximum absolute atomic E-state index is 14.5. The smallest absolute Gasteiger partial charge is 0.243 e. The fourth-order valence-corrected chi connectivity index (χ4v) is 10.1. The van der Waals surface area contributed by atoms with Crippen LogP contribution < -0.4 is 0 Å². The Morgan fingerprint density at radius 2 is 1.30 bits per heavy atom. The summed E-state index contributed by atoms with van der Waals surface area (Å²) >= 11 is 6.18. The van der Waals surface area contributed by atoms with Gasteiger partial charge in [-0.1, -0.05) is 96.0 Å². The Labute approximate surface area is 257 Å². The van der Waals surface area contributed by atoms with E-state index >= 15 is 0 Å². The summed E-state index contributed by atoms with van der Waals surface area (Å²) < 4.78 is 60.1. The van der Waals surface area contributed by atoms with Crippen molar-refractivity contribution in [3.63, 3.8) is 0 Å². The number of sulfonamides is 2. The van der Waals surface area contributed by atoms with E-state index in [1.54, 1.807) is 36.4 Å². The van der Waals surface area contributed by atoms with E-state index in [1.165, 1.54) is 20.7 Å². The van der Waals surface area contributed by atoms with Crippen LogP contribution in [0.25, 0.3) is 0 Å². The maximum Gasteiger partial charge on any atom is 0.243 e. The van der Waals surface area contributed by atoms with E-state index in [1.807, 2.05) is 67.6 Å². The number of Topliss-reactive ketones (excluding diaryl/α,β-unsaturated/α-hetero) is 1. The molecule has 2 aliphatic rings. The number of carbonyl (C=O) groups is 1. The molecule has 0 aliphatic carbocycles. The van der Waals surface area contributed by atoms with Crippen molar-refractivity contribution in [1.29, 1.82) is 0 Å². The second kappa shape index (κ2) is 11.6. The van der Waals surface area contributed by atoms with Crippen LogP contribution in [0.2, 0.25) is 5.02 Å². The van der Waals surface area contributed by atoms with E-state index in [9.17, 15) is 21.6 Å². The number of ketones is 1. The molecule has 2 aliphatic heterocycles. The highest BCUT2D eigenvalue weighted by Crippen LogP contribution is 2.48. The molecule has 4 atom stereocenters. The van der Waals surface area contributed by atoms with Gasteiger partial charge in [0.2, 0.25) is 20.0 Å². The number of carbonyl (C=O) groups excluding carboxylic acids is 1. The van der Waals surface area contributed by atoms with Crippen LogP contribution in [-0.2, 0) is 24.8 Å². The zero-order valence-corrected chi connectivity index (χ0v) is 25.8. The van der Waals surface area contributed by atoms with Crippen molar-refractivity contribution >= 4 is 37.4 Å². The first kappa shape index (κ1) is 29.7. The van der Waals surface area contributed by atoms with Gasteiger partial charge in [-0.25, -0.2) is 16.8 Å². The van der Waals surface area contributed by atoms with Gasteiger partial charge in [-0.2, -0.15) is 8.61 Å². The first-order valence-electron chi connectivity index (χ1n) is 14.1. The van der Waals surface area contributed by atoms with Gasteiger partial charge in [0.25, 0.3) is 0 Å². The summed E-state index contributed by atoms with van der Waals surface area (Å²) in [5.74, 6) is -1.01. The van der Waals surface area contributed by atoms with Gasteiger partial charge in [0.1, 0.15) is 5.78 Å². The number of piperidine rings is 2. The Morgan fingerprint density at radius 1 is 0.698 bits per heavy atom. The second-order valence-electron chi connectivity index (χ2n) is 11.1. The lowest BCUT2D eigenvalue weighted by molar-refractivity contribution is -0.132. The van der Waals surface area contributed by atoms with E-state index in [0.717, 1.165) is 11.1 Å². The zero-order chi connectivity index (χ0) is 30.4. The van der Waals surface area contributed by atoms with Gasteiger partial charge in [-0.3, -0.25) is 4.79 Å². The number of aryl methyl sites for hydroxylation is 1. The lowest BCUT2D eigenvalue weighted by atomic mass is 9.77. The number of rotatable bonds is 6. The highest BCUT2D eigenvalue weighted by Gasteiger charge is 2.54. The van der Waals surface area contributed by atoms with E-state index in [0.29, 0.717) is 5.56 Å². The predicted octanol–water partition coefficient (Wildman–Crippen LogP) is 6.17. The first-order chi connectivity index (χ1) is 20.6. The SMILES string of the molecule is Cc1ccc(S(=O)(=O)N2C(c3ccccc3)CC(=O)[C@@H]3CN(S(=O)(=O)c4cccc(Cl)c4)C(c4ccccc4)C[C@@H]32)cc1. The minimum atomic E-state index is -4.10. The van der Waals surface area contributed by atoms with Crippen molar-refractivity contribution in [2.75, 3.05) is 6.54 Å². The topological polar surface area (TPSA) is 91.8 Å². The van der Waals surface area contributed by atoms with Gasteiger partial charge in [0.15, 0.2) is 0 Å². The summed E-state index contributed by atoms with van der Waals surface area (Å²) in [6.45, 7) is 1.73. The van der Waals surface area contributed by atoms with Crippen molar-refractivity contribution in [3.05, 3.63) is 131 Å². The van der Waals surface area contributed by atoms with Crippen LogP contribution in [0.15, 0.2) is 119 Å². The zero-order valence-electron chi connectivity index (χ0n) is 23.5. The van der Waals surface area contributed by atoms with Crippen LogP contribution >= 0.6 is 11.6 Å². The molecule has 0 aromatic heterocycles. The van der Waals surface area contributed by atoms with Gasteiger partial charge in [0.05, 0.1) is 21.9 Å². The molecule has 6 rings (SSSR count). The normalized spacial score (nSPS) is 23.5. The molecule has 2 heterocycles. The summed E-state index contributed by atoms with van der Waals surface area (Å²) in [6, 6.07) is 28.9. The lowest BCUT2D eigenvalue weighted by Gasteiger charge is -2.51. The monoisotopic (exact) mass is 634 g/mol. The van der Waals surface area contributed by atoms with Crippen molar-refractivity contribution in [2.45, 2.75) is 47.7 Å². The summed E-state index contributed by atoms with van der Waals surface area (Å²) in [7, 11) is -8.19. The Balaban J connectivity index is 1.50. The maximum atomic E-state index is 14.5. The van der Waals surface area contributed by atoms with Crippen LogP contribution in [0.3, 0.4) is 0 Å². The number of halogens is 1. The quantitative estimate of drug-likeness (QED) is 0.253. The number of benzene rings is 4. The van der Waals surface area contributed by atoms with E-state index in [4.69, 9.17) is 11.6 Å². The summed E-state index contributed by atoms with van der Waals surface area (Å²) in [6.07, 6.45) is 0.0476. The van der Waals surface area contributed by atoms with Crippen molar-refractivity contribution < 1.29 is 21.6 Å². The molecule has 0 N–H and O–H groups in total. The van der Waals surface area contributed by atoms with Crippen molar-refractivity contribution in [1.82, 2.24) is 8.61 Å². The Hall–Kier alpha value is -3.34. The van der Waals surface area contributed by atoms with Crippen LogP contribution in [-0.4, -0.2) is 43.8 Å². The first-order valence-corrected chi connectivity index (χ1v) is 17.3. The van der Waals surface area contributed by atoms with E-state index < -0.39 is 44.1 Å². The summed E-state index contributed by atoms with van der Waals surface area (Å²) in [5, 5.41) is 0.280. The molecule has 2 fully saturated rings. The fourth-order valence-electron chi connectivity index (χ4n) is 6.34. The average Bonchev–Trinajstić information content (AvgIpc) is 3.01. The molecular formula is C33H31ClN2O5S2. The molecule has 2 saturated heterocycles. The summed E-state index contributed by atoms with van der Waals surface area (Å²) in [4.78, 5) is 14.1. The average molecular weight is 635 g/mol. The predicted molar refractivity (Wildman–Crippen MR) is 165 cm³/mol. The molecule has 222 valence electrons. The second-order valence-corrected chi connectivity index (χ2v) is 15.3. The lowest BCUT2D eigenvalue weighted by Crippen LogP contribution is -2.60. The molecule has 0 saturated carbocycles. The molecule has 0 bridgehead atoms. The highest BCUT2D eigenvalue weighted by molar-refractivity contribution is 7.89. The van der Waals surface area contributed by atoms with Gasteiger partial charge < -0.3 is 0 Å². The van der Waals surface area contributed by atoms with Crippen LogP contribution in [0.1, 0.15) is 41.6 Å². The van der Waals surface area contributed by atoms with Crippen LogP contribution in [0.4, 0.5) is 0 Å². The molecule has 4 aromatic carbocycles. The van der Waals surface area contributed by atoms with Gasteiger partial charge >= 0.3 is 0 Å². The Kier molecular flexibility index (Phi) is 8.04. The van der Waals surface area contributed by atoms with E-state index in [-0.39, 0.29) is 40.0 Å². The van der Waals surface area contributed by atoms with Gasteiger partial charge in [0, 0.05) is 29.9 Å². The van der Waals surface area contributed by atoms with Gasteiger partial charge in [-0.05, 0) is 54.8 Å². The molecule has 10 heteroatoms. The van der Waals surface area contributed by atoms with E-state index in [2.05, 4.69) is 0 Å². The molecule has 7 nitrogen and oxygen atoms in total. The third-order valence-corrected chi connectivity index (χ3v) is 12.5. The third kappa shape index (κ3) is 5.56. The fraction of sp³-hybridized carbons (Fsp3) is 0.242. The van der Waals surface area contributed by atoms with Crippen molar-refractivity contribution in [2.24, 2.45) is 5.92 Å². The Morgan fingerprint density at radius 3 is 1.91 bits per heavy atom.